The molecule has 1 unspecified atom stereocenters. The highest BCUT2D eigenvalue weighted by molar-refractivity contribution is 5.98. The predicted octanol–water partition coefficient (Wildman–Crippen LogP) is 2.34. The zero-order chi connectivity index (χ0) is 26.1. The minimum atomic E-state index is -0.983. The van der Waals surface area contributed by atoms with Crippen molar-refractivity contribution in [1.82, 2.24) is 10.2 Å². The van der Waals surface area contributed by atoms with E-state index in [-0.39, 0.29) is 17.4 Å². The van der Waals surface area contributed by atoms with Crippen molar-refractivity contribution in [2.45, 2.75) is 19.9 Å². The third-order valence-corrected chi connectivity index (χ3v) is 4.99. The van der Waals surface area contributed by atoms with Crippen LogP contribution in [-0.2, 0) is 14.3 Å². The van der Waals surface area contributed by atoms with E-state index in [0.717, 1.165) is 0 Å². The van der Waals surface area contributed by atoms with Crippen LogP contribution >= 0.6 is 0 Å². The molecular weight excluding hydrogens is 454 g/mol. The van der Waals surface area contributed by atoms with Crippen molar-refractivity contribution < 1.29 is 33.4 Å². The Morgan fingerprint density at radius 3 is 1.94 bits per heavy atom. The number of carbonyl (C=O) groups is 4. The molecule has 0 aromatic heterocycles. The summed E-state index contributed by atoms with van der Waals surface area (Å²) in [5, 5.41) is 5.24. The minimum Gasteiger partial charge on any atom is -0.497 e. The molecule has 0 heterocycles. The Labute approximate surface area is 204 Å². The van der Waals surface area contributed by atoms with Gasteiger partial charge in [-0.1, -0.05) is 13.8 Å². The molecule has 0 radical (unpaired) electrons. The van der Waals surface area contributed by atoms with Crippen LogP contribution in [0.5, 0.6) is 11.5 Å². The van der Waals surface area contributed by atoms with Crippen molar-refractivity contribution in [3.05, 3.63) is 53.6 Å². The third kappa shape index (κ3) is 7.73. The first kappa shape index (κ1) is 27.2. The van der Waals surface area contributed by atoms with Gasteiger partial charge in [0.05, 0.1) is 14.2 Å². The van der Waals surface area contributed by atoms with Crippen LogP contribution in [0.25, 0.3) is 0 Å². The summed E-state index contributed by atoms with van der Waals surface area (Å²) in [6, 6.07) is 10.0. The molecule has 0 aliphatic carbocycles. The van der Waals surface area contributed by atoms with Crippen molar-refractivity contribution in [2.75, 3.05) is 40.2 Å². The van der Waals surface area contributed by atoms with Gasteiger partial charge in [0, 0.05) is 37.0 Å². The molecular formula is C25H31N3O7. The van der Waals surface area contributed by atoms with Crippen molar-refractivity contribution in [3.8, 4) is 11.5 Å². The maximum absolute atomic E-state index is 12.8. The maximum atomic E-state index is 12.8. The molecule has 10 nitrogen and oxygen atoms in total. The number of benzene rings is 2. The van der Waals surface area contributed by atoms with E-state index in [9.17, 15) is 19.2 Å². The van der Waals surface area contributed by atoms with Gasteiger partial charge in [0.1, 0.15) is 17.5 Å². The normalized spacial score (nSPS) is 11.3. The Morgan fingerprint density at radius 2 is 1.46 bits per heavy atom. The molecule has 2 rings (SSSR count). The lowest BCUT2D eigenvalue weighted by atomic mass is 10.0. The van der Waals surface area contributed by atoms with E-state index >= 15 is 0 Å². The molecule has 0 aliphatic heterocycles. The van der Waals surface area contributed by atoms with Crippen LogP contribution in [0.4, 0.5) is 5.69 Å². The van der Waals surface area contributed by atoms with Gasteiger partial charge in [-0.25, -0.2) is 4.79 Å². The largest absolute Gasteiger partial charge is 0.497 e. The first-order valence-electron chi connectivity index (χ1n) is 10.9. The van der Waals surface area contributed by atoms with E-state index in [0.29, 0.717) is 22.7 Å². The molecule has 0 fully saturated rings. The molecule has 0 spiro atoms. The number of esters is 1. The number of amides is 3. The zero-order valence-corrected chi connectivity index (χ0v) is 20.7. The Balaban J connectivity index is 1.97. The van der Waals surface area contributed by atoms with Crippen LogP contribution in [-0.4, -0.2) is 69.6 Å². The van der Waals surface area contributed by atoms with Crippen LogP contribution in [0.1, 0.15) is 34.6 Å². The van der Waals surface area contributed by atoms with Crippen LogP contribution in [0.15, 0.2) is 42.5 Å². The molecule has 35 heavy (non-hydrogen) atoms. The summed E-state index contributed by atoms with van der Waals surface area (Å²) in [7, 11) is 6.22. The maximum Gasteiger partial charge on any atom is 0.329 e. The molecule has 2 aromatic carbocycles. The minimum absolute atomic E-state index is 0.161. The van der Waals surface area contributed by atoms with E-state index in [2.05, 4.69) is 10.6 Å². The Bertz CT molecular complexity index is 1040. The van der Waals surface area contributed by atoms with Gasteiger partial charge in [0.15, 0.2) is 6.61 Å². The SMILES string of the molecule is COc1cc(OC)cc(C(=O)NC(C(=O)OCC(=O)Nc2ccc(C(=O)N(C)C)cc2)C(C)C)c1. The molecule has 188 valence electrons. The van der Waals surface area contributed by atoms with Crippen molar-refractivity contribution in [1.29, 1.82) is 0 Å². The number of ether oxygens (including phenoxy) is 3. The number of methoxy groups -OCH3 is 2. The molecule has 2 aromatic rings. The monoisotopic (exact) mass is 485 g/mol. The fraction of sp³-hybridized carbons (Fsp3) is 0.360. The van der Waals surface area contributed by atoms with Crippen LogP contribution < -0.4 is 20.1 Å². The Hall–Kier alpha value is -4.08. The molecule has 1 atom stereocenters. The Kier molecular flexibility index (Phi) is 9.63. The summed E-state index contributed by atoms with van der Waals surface area (Å²) in [6.07, 6.45) is 0. The summed E-state index contributed by atoms with van der Waals surface area (Å²) in [4.78, 5) is 51.0. The third-order valence-electron chi connectivity index (χ3n) is 4.99. The van der Waals surface area contributed by atoms with Crippen LogP contribution in [0, 0.1) is 5.92 Å². The smallest absolute Gasteiger partial charge is 0.329 e. The van der Waals surface area contributed by atoms with E-state index in [4.69, 9.17) is 14.2 Å². The second-order valence-corrected chi connectivity index (χ2v) is 8.23. The molecule has 0 aliphatic rings. The quantitative estimate of drug-likeness (QED) is 0.495. The molecule has 0 bridgehead atoms. The number of carbonyl (C=O) groups excluding carboxylic acids is 4. The second-order valence-electron chi connectivity index (χ2n) is 8.23. The molecule has 0 saturated heterocycles. The van der Waals surface area contributed by atoms with Crippen molar-refractivity contribution in [2.24, 2.45) is 5.92 Å². The first-order valence-corrected chi connectivity index (χ1v) is 10.9. The highest BCUT2D eigenvalue weighted by Gasteiger charge is 2.27. The molecule has 3 amide bonds. The van der Waals surface area contributed by atoms with E-state index < -0.39 is 30.4 Å². The lowest BCUT2D eigenvalue weighted by Gasteiger charge is -2.21. The van der Waals surface area contributed by atoms with Crippen molar-refractivity contribution in [3.63, 3.8) is 0 Å². The van der Waals surface area contributed by atoms with E-state index in [1.807, 2.05) is 0 Å². The zero-order valence-electron chi connectivity index (χ0n) is 20.7. The number of anilines is 1. The van der Waals surface area contributed by atoms with Gasteiger partial charge in [0.25, 0.3) is 17.7 Å². The molecule has 10 heteroatoms. The van der Waals surface area contributed by atoms with Gasteiger partial charge in [-0.2, -0.15) is 0 Å². The Morgan fingerprint density at radius 1 is 0.886 bits per heavy atom. The van der Waals surface area contributed by atoms with Gasteiger partial charge < -0.3 is 29.7 Å². The number of nitrogens with one attached hydrogen (secondary N) is 2. The topological polar surface area (TPSA) is 123 Å². The van der Waals surface area contributed by atoms with Crippen molar-refractivity contribution >= 4 is 29.4 Å². The summed E-state index contributed by atoms with van der Waals surface area (Å²) < 4.78 is 15.5. The summed E-state index contributed by atoms with van der Waals surface area (Å²) in [5.41, 5.74) is 1.17. The number of nitrogens with zero attached hydrogens (tertiary/aromatic N) is 1. The molecule has 2 N–H and O–H groups in total. The fourth-order valence-electron chi connectivity index (χ4n) is 3.04. The molecule has 0 saturated carbocycles. The number of hydrogen-bond donors (Lipinski definition) is 2. The van der Waals surface area contributed by atoms with E-state index in [1.165, 1.54) is 31.3 Å². The highest BCUT2D eigenvalue weighted by atomic mass is 16.5. The second kappa shape index (κ2) is 12.4. The number of hydrogen-bond acceptors (Lipinski definition) is 7. The summed E-state index contributed by atoms with van der Waals surface area (Å²) >= 11 is 0. The summed E-state index contributed by atoms with van der Waals surface area (Å²) in [6.45, 7) is 2.95. The highest BCUT2D eigenvalue weighted by Crippen LogP contribution is 2.22. The van der Waals surface area contributed by atoms with Gasteiger partial charge >= 0.3 is 5.97 Å². The number of rotatable bonds is 10. The lowest BCUT2D eigenvalue weighted by molar-refractivity contribution is -0.150. The summed E-state index contributed by atoms with van der Waals surface area (Å²) in [5.74, 6) is -1.44. The lowest BCUT2D eigenvalue weighted by Crippen LogP contribution is -2.46. The first-order chi connectivity index (χ1) is 16.5. The van der Waals surface area contributed by atoms with Gasteiger partial charge in [-0.05, 0) is 42.3 Å². The van der Waals surface area contributed by atoms with Crippen LogP contribution in [0.3, 0.4) is 0 Å². The average molecular weight is 486 g/mol. The predicted molar refractivity (Wildman–Crippen MR) is 130 cm³/mol. The standard InChI is InChI=1S/C25H31N3O7/c1-15(2)22(27-23(30)17-11-19(33-5)13-20(12-17)34-6)25(32)35-14-21(29)26-18-9-7-16(8-10-18)24(31)28(3)4/h7-13,15,22H,14H2,1-6H3,(H,26,29)(H,27,30). The van der Waals surface area contributed by atoms with Gasteiger partial charge in [-0.15, -0.1) is 0 Å². The average Bonchev–Trinajstić information content (AvgIpc) is 2.84. The van der Waals surface area contributed by atoms with Gasteiger partial charge in [-0.3, -0.25) is 14.4 Å². The fourth-order valence-corrected chi connectivity index (χ4v) is 3.04. The van der Waals surface area contributed by atoms with Crippen LogP contribution in [0.2, 0.25) is 0 Å². The van der Waals surface area contributed by atoms with Gasteiger partial charge in [0.2, 0.25) is 0 Å². The van der Waals surface area contributed by atoms with E-state index in [1.54, 1.807) is 58.3 Å².